The number of rotatable bonds is 8. The molecule has 0 aromatic heterocycles. The van der Waals surface area contributed by atoms with Crippen molar-refractivity contribution >= 4 is 35.2 Å². The quantitative estimate of drug-likeness (QED) is 0.301. The van der Waals surface area contributed by atoms with Gasteiger partial charge in [0.2, 0.25) is 11.8 Å². The van der Waals surface area contributed by atoms with Crippen LogP contribution in [0.1, 0.15) is 37.7 Å². The zero-order chi connectivity index (χ0) is 21.5. The SMILES string of the molecule is Nc1cc(F)ccc1NC(=O)CCCCCN1C(=O)C/C(=C\c2ccccc2)C1=O. The lowest BCUT2D eigenvalue weighted by Crippen LogP contribution is -2.30. The van der Waals surface area contributed by atoms with Crippen LogP contribution in [0.4, 0.5) is 15.8 Å². The van der Waals surface area contributed by atoms with Crippen molar-refractivity contribution in [3.63, 3.8) is 0 Å². The number of unbranched alkanes of at least 4 members (excludes halogenated alkanes) is 2. The predicted molar refractivity (Wildman–Crippen MR) is 114 cm³/mol. The van der Waals surface area contributed by atoms with Gasteiger partial charge in [-0.05, 0) is 42.7 Å². The van der Waals surface area contributed by atoms with Crippen molar-refractivity contribution in [2.45, 2.75) is 32.1 Å². The smallest absolute Gasteiger partial charge is 0.256 e. The number of carbonyl (C=O) groups excluding carboxylic acids is 3. The Labute approximate surface area is 174 Å². The number of nitrogens with zero attached hydrogens (tertiary/aromatic N) is 1. The molecule has 0 saturated carbocycles. The summed E-state index contributed by atoms with van der Waals surface area (Å²) in [5, 5.41) is 2.66. The van der Waals surface area contributed by atoms with Gasteiger partial charge in [-0.15, -0.1) is 0 Å². The highest BCUT2D eigenvalue weighted by atomic mass is 19.1. The molecule has 2 aromatic rings. The van der Waals surface area contributed by atoms with E-state index < -0.39 is 5.82 Å². The number of nitrogens with two attached hydrogens (primary N) is 1. The fourth-order valence-electron chi connectivity index (χ4n) is 3.30. The number of hydrogen-bond acceptors (Lipinski definition) is 4. The average molecular weight is 409 g/mol. The molecule has 2 aromatic carbocycles. The Bertz CT molecular complexity index is 973. The van der Waals surface area contributed by atoms with Crippen LogP contribution in [0, 0.1) is 5.82 Å². The molecule has 3 rings (SSSR count). The molecule has 156 valence electrons. The molecule has 0 aliphatic carbocycles. The molecule has 1 saturated heterocycles. The first kappa shape index (κ1) is 21.2. The van der Waals surface area contributed by atoms with Gasteiger partial charge in [-0.1, -0.05) is 36.8 Å². The number of imide groups is 1. The van der Waals surface area contributed by atoms with E-state index in [4.69, 9.17) is 5.73 Å². The zero-order valence-electron chi connectivity index (χ0n) is 16.6. The summed E-state index contributed by atoms with van der Waals surface area (Å²) in [6, 6.07) is 13.2. The number of benzene rings is 2. The van der Waals surface area contributed by atoms with Gasteiger partial charge in [0.15, 0.2) is 0 Å². The minimum atomic E-state index is -0.460. The Hall–Kier alpha value is -3.48. The molecular weight excluding hydrogens is 385 g/mol. The van der Waals surface area contributed by atoms with E-state index in [2.05, 4.69) is 5.32 Å². The molecule has 3 N–H and O–H groups in total. The Kier molecular flexibility index (Phi) is 6.95. The van der Waals surface area contributed by atoms with Crippen LogP contribution in [0.15, 0.2) is 54.1 Å². The van der Waals surface area contributed by atoms with Crippen molar-refractivity contribution in [1.82, 2.24) is 4.90 Å². The van der Waals surface area contributed by atoms with E-state index in [1.54, 1.807) is 6.08 Å². The van der Waals surface area contributed by atoms with Gasteiger partial charge in [0.05, 0.1) is 17.8 Å². The first-order chi connectivity index (χ1) is 14.4. The zero-order valence-corrected chi connectivity index (χ0v) is 16.6. The summed E-state index contributed by atoms with van der Waals surface area (Å²) in [5.74, 6) is -1.10. The first-order valence-electron chi connectivity index (χ1n) is 9.89. The van der Waals surface area contributed by atoms with Crippen LogP contribution < -0.4 is 11.1 Å². The Morgan fingerprint density at radius 2 is 1.87 bits per heavy atom. The summed E-state index contributed by atoms with van der Waals surface area (Å²) in [4.78, 5) is 38.0. The molecule has 6 nitrogen and oxygen atoms in total. The van der Waals surface area contributed by atoms with Crippen LogP contribution in [0.3, 0.4) is 0 Å². The Balaban J connectivity index is 1.41. The predicted octanol–water partition coefficient (Wildman–Crippen LogP) is 3.75. The molecule has 0 unspecified atom stereocenters. The molecule has 30 heavy (non-hydrogen) atoms. The number of carbonyl (C=O) groups is 3. The van der Waals surface area contributed by atoms with E-state index in [1.807, 2.05) is 30.3 Å². The topological polar surface area (TPSA) is 92.5 Å². The third-order valence-electron chi connectivity index (χ3n) is 4.88. The fourth-order valence-corrected chi connectivity index (χ4v) is 3.30. The fraction of sp³-hybridized carbons (Fsp3) is 0.261. The molecule has 0 radical (unpaired) electrons. The summed E-state index contributed by atoms with van der Waals surface area (Å²) >= 11 is 0. The highest BCUT2D eigenvalue weighted by Gasteiger charge is 2.33. The van der Waals surface area contributed by atoms with Crippen molar-refractivity contribution in [2.24, 2.45) is 0 Å². The summed E-state index contributed by atoms with van der Waals surface area (Å²) in [6.45, 7) is 0.344. The molecule has 0 bridgehead atoms. The molecule has 1 heterocycles. The van der Waals surface area contributed by atoms with Gasteiger partial charge in [-0.2, -0.15) is 0 Å². The van der Waals surface area contributed by atoms with Gasteiger partial charge < -0.3 is 11.1 Å². The standard InChI is InChI=1S/C23H24FN3O3/c24-18-10-11-20(19(25)15-18)26-21(28)9-5-2-6-12-27-22(29)14-17(23(27)30)13-16-7-3-1-4-8-16/h1,3-4,7-8,10-11,13,15H,2,5-6,9,12,14,25H2,(H,26,28)/b17-13+. The van der Waals surface area contributed by atoms with Crippen molar-refractivity contribution in [1.29, 1.82) is 0 Å². The summed E-state index contributed by atoms with van der Waals surface area (Å²) in [7, 11) is 0. The lowest BCUT2D eigenvalue weighted by Gasteiger charge is -2.13. The number of anilines is 2. The van der Waals surface area contributed by atoms with Gasteiger partial charge in [0.1, 0.15) is 5.82 Å². The van der Waals surface area contributed by atoms with Crippen LogP contribution in [-0.2, 0) is 14.4 Å². The second kappa shape index (κ2) is 9.82. The first-order valence-corrected chi connectivity index (χ1v) is 9.89. The van der Waals surface area contributed by atoms with Crippen molar-refractivity contribution in [2.75, 3.05) is 17.6 Å². The lowest BCUT2D eigenvalue weighted by atomic mass is 10.1. The molecule has 1 aliphatic heterocycles. The maximum atomic E-state index is 13.0. The Morgan fingerprint density at radius 1 is 1.10 bits per heavy atom. The van der Waals surface area contributed by atoms with Crippen molar-refractivity contribution in [3.8, 4) is 0 Å². The maximum absolute atomic E-state index is 13.0. The molecule has 3 amide bonds. The normalized spacial score (nSPS) is 15.1. The van der Waals surface area contributed by atoms with Gasteiger partial charge in [0.25, 0.3) is 5.91 Å². The van der Waals surface area contributed by atoms with Crippen LogP contribution in [0.25, 0.3) is 6.08 Å². The van der Waals surface area contributed by atoms with Gasteiger partial charge in [-0.3, -0.25) is 19.3 Å². The van der Waals surface area contributed by atoms with E-state index in [-0.39, 0.29) is 36.3 Å². The van der Waals surface area contributed by atoms with E-state index >= 15 is 0 Å². The minimum Gasteiger partial charge on any atom is -0.397 e. The molecule has 1 fully saturated rings. The van der Waals surface area contributed by atoms with Gasteiger partial charge in [0, 0.05) is 18.5 Å². The minimum absolute atomic E-state index is 0.120. The summed E-state index contributed by atoms with van der Waals surface area (Å²) in [6.07, 6.45) is 4.08. The lowest BCUT2D eigenvalue weighted by molar-refractivity contribution is -0.137. The van der Waals surface area contributed by atoms with E-state index in [0.717, 1.165) is 11.6 Å². The van der Waals surface area contributed by atoms with Gasteiger partial charge in [-0.25, -0.2) is 4.39 Å². The largest absolute Gasteiger partial charge is 0.397 e. The maximum Gasteiger partial charge on any atom is 0.256 e. The number of likely N-dealkylation sites (tertiary alicyclic amines) is 1. The second-order valence-electron chi connectivity index (χ2n) is 7.20. The third-order valence-corrected chi connectivity index (χ3v) is 4.88. The van der Waals surface area contributed by atoms with Crippen molar-refractivity contribution in [3.05, 3.63) is 65.5 Å². The number of hydrogen-bond donors (Lipinski definition) is 2. The number of nitrogen functional groups attached to an aromatic ring is 1. The van der Waals surface area contributed by atoms with Gasteiger partial charge >= 0.3 is 0 Å². The second-order valence-corrected chi connectivity index (χ2v) is 7.20. The van der Waals surface area contributed by atoms with E-state index in [0.29, 0.717) is 37.1 Å². The Morgan fingerprint density at radius 3 is 2.60 bits per heavy atom. The van der Waals surface area contributed by atoms with Crippen LogP contribution in [0.5, 0.6) is 0 Å². The molecular formula is C23H24FN3O3. The summed E-state index contributed by atoms with van der Waals surface area (Å²) < 4.78 is 13.0. The molecule has 0 atom stereocenters. The number of amides is 3. The van der Waals surface area contributed by atoms with Crippen LogP contribution in [-0.4, -0.2) is 29.2 Å². The van der Waals surface area contributed by atoms with E-state index in [9.17, 15) is 18.8 Å². The monoisotopic (exact) mass is 409 g/mol. The molecule has 1 aliphatic rings. The average Bonchev–Trinajstić information content (AvgIpc) is 2.98. The summed E-state index contributed by atoms with van der Waals surface area (Å²) in [5.41, 5.74) is 7.62. The third kappa shape index (κ3) is 5.53. The molecule has 0 spiro atoms. The van der Waals surface area contributed by atoms with E-state index in [1.165, 1.54) is 17.0 Å². The van der Waals surface area contributed by atoms with Crippen LogP contribution in [0.2, 0.25) is 0 Å². The number of nitrogens with one attached hydrogen (secondary N) is 1. The van der Waals surface area contributed by atoms with Crippen molar-refractivity contribution < 1.29 is 18.8 Å². The van der Waals surface area contributed by atoms with Crippen LogP contribution >= 0.6 is 0 Å². The highest BCUT2D eigenvalue weighted by molar-refractivity contribution is 6.15. The highest BCUT2D eigenvalue weighted by Crippen LogP contribution is 2.22. The molecule has 7 heteroatoms. The number of halogens is 1.